The van der Waals surface area contributed by atoms with E-state index in [4.69, 9.17) is 37.1 Å². The summed E-state index contributed by atoms with van der Waals surface area (Å²) in [6.07, 6.45) is -4.34. The van der Waals surface area contributed by atoms with Gasteiger partial charge in [-0.1, -0.05) is 11.6 Å². The molecule has 0 radical (unpaired) electrons. The van der Waals surface area contributed by atoms with Gasteiger partial charge in [0.2, 0.25) is 0 Å². The van der Waals surface area contributed by atoms with Crippen LogP contribution in [0.15, 0.2) is 24.3 Å². The number of hydrogen-bond acceptors (Lipinski definition) is 4. The fourth-order valence-electron chi connectivity index (χ4n) is 1.37. The first-order valence-electron chi connectivity index (χ1n) is 5.72. The second kappa shape index (κ2) is 8.44. The summed E-state index contributed by atoms with van der Waals surface area (Å²) in [5.74, 6) is -3.65. The molecule has 10 heteroatoms. The van der Waals surface area contributed by atoms with E-state index in [1.165, 1.54) is 31.3 Å². The SMILES string of the molecule is CN(c1ccc(Cl)cc1)C(CN)C(F)(F)F.O=C(O)C(=O)O. The molecule has 1 rings (SSSR count). The second-order valence-corrected chi connectivity index (χ2v) is 4.43. The molecule has 1 aromatic rings. The molecule has 4 N–H and O–H groups in total. The van der Waals surface area contributed by atoms with Gasteiger partial charge in [0.05, 0.1) is 0 Å². The van der Waals surface area contributed by atoms with Gasteiger partial charge in [-0.15, -0.1) is 0 Å². The molecular weight excluding hydrogens is 329 g/mol. The van der Waals surface area contributed by atoms with Crippen LogP contribution in [0.3, 0.4) is 0 Å². The minimum Gasteiger partial charge on any atom is -0.473 e. The van der Waals surface area contributed by atoms with Crippen molar-refractivity contribution in [3.63, 3.8) is 0 Å². The Kier molecular flexibility index (Phi) is 7.68. The van der Waals surface area contributed by atoms with Gasteiger partial charge in [-0.25, -0.2) is 9.59 Å². The summed E-state index contributed by atoms with van der Waals surface area (Å²) in [6.45, 7) is -0.484. The molecule has 0 aliphatic heterocycles. The predicted octanol–water partition coefficient (Wildman–Crippen LogP) is 1.82. The number of anilines is 1. The number of halogens is 4. The third-order valence-corrected chi connectivity index (χ3v) is 2.74. The van der Waals surface area contributed by atoms with Crippen molar-refractivity contribution in [1.29, 1.82) is 0 Å². The van der Waals surface area contributed by atoms with Crippen molar-refractivity contribution in [3.05, 3.63) is 29.3 Å². The van der Waals surface area contributed by atoms with Crippen LogP contribution >= 0.6 is 11.6 Å². The van der Waals surface area contributed by atoms with Gasteiger partial charge in [-0.05, 0) is 24.3 Å². The number of hydrogen-bond donors (Lipinski definition) is 3. The minimum atomic E-state index is -4.34. The molecule has 22 heavy (non-hydrogen) atoms. The average molecular weight is 343 g/mol. The summed E-state index contributed by atoms with van der Waals surface area (Å²) in [4.78, 5) is 19.3. The fraction of sp³-hybridized carbons (Fsp3) is 0.333. The van der Waals surface area contributed by atoms with Crippen LogP contribution in [-0.4, -0.2) is 48.0 Å². The molecular formula is C12H14ClF3N2O4. The number of carbonyl (C=O) groups is 2. The number of alkyl halides is 3. The first-order chi connectivity index (χ1) is 10.0. The van der Waals surface area contributed by atoms with Crippen molar-refractivity contribution in [2.45, 2.75) is 12.2 Å². The zero-order chi connectivity index (χ0) is 17.5. The Morgan fingerprint density at radius 1 is 1.23 bits per heavy atom. The summed E-state index contributed by atoms with van der Waals surface area (Å²) < 4.78 is 37.8. The van der Waals surface area contributed by atoms with Crippen LogP contribution in [0.4, 0.5) is 18.9 Å². The Balaban J connectivity index is 0.000000626. The van der Waals surface area contributed by atoms with Crippen molar-refractivity contribution in [3.8, 4) is 0 Å². The van der Waals surface area contributed by atoms with Crippen LogP contribution < -0.4 is 10.6 Å². The van der Waals surface area contributed by atoms with Gasteiger partial charge in [-0.3, -0.25) is 0 Å². The molecule has 0 saturated heterocycles. The van der Waals surface area contributed by atoms with Crippen molar-refractivity contribution in [2.75, 3.05) is 18.5 Å². The molecule has 1 atom stereocenters. The molecule has 1 unspecified atom stereocenters. The highest BCUT2D eigenvalue weighted by molar-refractivity contribution is 6.30. The number of carboxylic acid groups (broad SMARTS) is 2. The fourth-order valence-corrected chi connectivity index (χ4v) is 1.49. The maximum absolute atomic E-state index is 12.6. The molecule has 0 fully saturated rings. The molecule has 1 aromatic carbocycles. The maximum Gasteiger partial charge on any atom is 0.414 e. The summed E-state index contributed by atoms with van der Waals surface area (Å²) in [5.41, 5.74) is 5.57. The number of aliphatic carboxylic acids is 2. The lowest BCUT2D eigenvalue weighted by molar-refractivity contribution is -0.159. The Bertz CT molecular complexity index is 496. The molecule has 0 amide bonds. The lowest BCUT2D eigenvalue weighted by Crippen LogP contribution is -2.48. The lowest BCUT2D eigenvalue weighted by Gasteiger charge is -2.30. The molecule has 0 saturated carbocycles. The van der Waals surface area contributed by atoms with E-state index >= 15 is 0 Å². The Morgan fingerprint density at radius 3 is 1.91 bits per heavy atom. The van der Waals surface area contributed by atoms with Crippen molar-refractivity contribution < 1.29 is 33.0 Å². The Hall–Kier alpha value is -2.00. The number of carboxylic acids is 2. The molecule has 0 aromatic heterocycles. The van der Waals surface area contributed by atoms with Gasteiger partial charge in [0, 0.05) is 24.3 Å². The van der Waals surface area contributed by atoms with E-state index in [-0.39, 0.29) is 0 Å². The van der Waals surface area contributed by atoms with Crippen molar-refractivity contribution in [1.82, 2.24) is 0 Å². The van der Waals surface area contributed by atoms with Crippen LogP contribution in [0.2, 0.25) is 5.02 Å². The number of rotatable bonds is 3. The first kappa shape index (κ1) is 20.0. The molecule has 124 valence electrons. The normalized spacial score (nSPS) is 11.9. The first-order valence-corrected chi connectivity index (χ1v) is 6.09. The van der Waals surface area contributed by atoms with Crippen molar-refractivity contribution in [2.24, 2.45) is 5.73 Å². The summed E-state index contributed by atoms with van der Waals surface area (Å²) >= 11 is 5.65. The van der Waals surface area contributed by atoms with Gasteiger partial charge in [0.1, 0.15) is 6.04 Å². The minimum absolute atomic E-state index is 0.428. The van der Waals surface area contributed by atoms with E-state index in [9.17, 15) is 13.2 Å². The quantitative estimate of drug-likeness (QED) is 0.724. The monoisotopic (exact) mass is 342 g/mol. The maximum atomic E-state index is 12.6. The van der Waals surface area contributed by atoms with Crippen LogP contribution in [0.25, 0.3) is 0 Å². The predicted molar refractivity (Wildman–Crippen MR) is 74.0 cm³/mol. The number of benzene rings is 1. The highest BCUT2D eigenvalue weighted by Gasteiger charge is 2.41. The zero-order valence-corrected chi connectivity index (χ0v) is 12.1. The molecule has 0 heterocycles. The topological polar surface area (TPSA) is 104 Å². The molecule has 6 nitrogen and oxygen atoms in total. The van der Waals surface area contributed by atoms with E-state index < -0.39 is 30.7 Å². The lowest BCUT2D eigenvalue weighted by atomic mass is 10.2. The zero-order valence-electron chi connectivity index (χ0n) is 11.3. The van der Waals surface area contributed by atoms with Crippen LogP contribution in [-0.2, 0) is 9.59 Å². The molecule has 0 aliphatic rings. The summed E-state index contributed by atoms with van der Waals surface area (Å²) in [5, 5.41) is 15.3. The average Bonchev–Trinajstić information content (AvgIpc) is 2.39. The van der Waals surface area contributed by atoms with Crippen LogP contribution in [0.1, 0.15) is 0 Å². The molecule has 0 aliphatic carbocycles. The van der Waals surface area contributed by atoms with Crippen LogP contribution in [0.5, 0.6) is 0 Å². The van der Waals surface area contributed by atoms with Gasteiger partial charge in [-0.2, -0.15) is 13.2 Å². The van der Waals surface area contributed by atoms with Crippen LogP contribution in [0, 0.1) is 0 Å². The molecule has 0 spiro atoms. The third kappa shape index (κ3) is 6.64. The van der Waals surface area contributed by atoms with Gasteiger partial charge < -0.3 is 20.8 Å². The van der Waals surface area contributed by atoms with Gasteiger partial charge in [0.25, 0.3) is 0 Å². The standard InChI is InChI=1S/C10H12ClF3N2.C2H2O4/c1-16(9(6-15)10(12,13)14)8-4-2-7(11)3-5-8;3-1(4)2(5)6/h2-5,9H,6,15H2,1H3;(H,3,4)(H,5,6). The number of likely N-dealkylation sites (N-methyl/N-ethyl adjacent to an activating group) is 1. The number of nitrogens with zero attached hydrogens (tertiary/aromatic N) is 1. The molecule has 0 bridgehead atoms. The number of nitrogens with two attached hydrogens (primary N) is 1. The van der Waals surface area contributed by atoms with Crippen molar-refractivity contribution >= 4 is 29.2 Å². The third-order valence-electron chi connectivity index (χ3n) is 2.49. The highest BCUT2D eigenvalue weighted by atomic mass is 35.5. The van der Waals surface area contributed by atoms with E-state index in [0.717, 1.165) is 4.90 Å². The van der Waals surface area contributed by atoms with Gasteiger partial charge in [0.15, 0.2) is 0 Å². The van der Waals surface area contributed by atoms with Gasteiger partial charge >= 0.3 is 18.1 Å². The Morgan fingerprint density at radius 2 is 1.64 bits per heavy atom. The van der Waals surface area contributed by atoms with E-state index in [1.807, 2.05) is 0 Å². The van der Waals surface area contributed by atoms with E-state index in [0.29, 0.717) is 10.7 Å². The summed E-state index contributed by atoms with van der Waals surface area (Å²) in [7, 11) is 1.36. The van der Waals surface area contributed by atoms with E-state index in [1.54, 1.807) is 0 Å². The summed E-state index contributed by atoms with van der Waals surface area (Å²) in [6, 6.07) is 4.44. The van der Waals surface area contributed by atoms with E-state index in [2.05, 4.69) is 0 Å². The smallest absolute Gasteiger partial charge is 0.414 e. The highest BCUT2D eigenvalue weighted by Crippen LogP contribution is 2.27. The second-order valence-electron chi connectivity index (χ2n) is 3.99. The Labute approximate surface area is 128 Å². The largest absolute Gasteiger partial charge is 0.473 e.